The van der Waals surface area contributed by atoms with E-state index < -0.39 is 10.7 Å². The molecule has 1 amide bonds. The van der Waals surface area contributed by atoms with Gasteiger partial charge < -0.3 is 10.4 Å². The molecule has 0 saturated carbocycles. The third-order valence-electron chi connectivity index (χ3n) is 2.51. The van der Waals surface area contributed by atoms with Crippen molar-refractivity contribution in [3.8, 4) is 0 Å². The van der Waals surface area contributed by atoms with Gasteiger partial charge in [-0.3, -0.25) is 9.59 Å². The molecule has 4 nitrogen and oxygen atoms in total. The smallest absolute Gasteiger partial charge is 0.319 e. The van der Waals surface area contributed by atoms with E-state index in [0.717, 1.165) is 0 Å². The van der Waals surface area contributed by atoms with Crippen molar-refractivity contribution in [3.63, 3.8) is 0 Å². The van der Waals surface area contributed by atoms with Crippen LogP contribution in [0.3, 0.4) is 0 Å². The van der Waals surface area contributed by atoms with Crippen LogP contribution in [-0.4, -0.2) is 27.5 Å². The fourth-order valence-electron chi connectivity index (χ4n) is 1.27. The van der Waals surface area contributed by atoms with Crippen LogP contribution in [0.2, 0.25) is 10.0 Å². The molecule has 0 spiro atoms. The molecule has 0 radical (unpaired) electrons. The third kappa shape index (κ3) is 5.23. The summed E-state index contributed by atoms with van der Waals surface area (Å²) in [6.45, 7) is 3.21. The number of anilines is 1. The van der Waals surface area contributed by atoms with E-state index in [4.69, 9.17) is 28.3 Å². The zero-order valence-corrected chi connectivity index (χ0v) is 13.4. The Bertz CT molecular complexity index is 520. The lowest BCUT2D eigenvalue weighted by Gasteiger charge is -2.18. The number of hydrogen-bond acceptors (Lipinski definition) is 3. The van der Waals surface area contributed by atoms with Gasteiger partial charge in [-0.15, -0.1) is 11.8 Å². The second kappa shape index (κ2) is 7.20. The van der Waals surface area contributed by atoms with Crippen molar-refractivity contribution >= 4 is 52.5 Å². The number of halogens is 2. The molecular weight excluding hydrogens is 321 g/mol. The topological polar surface area (TPSA) is 66.4 Å². The summed E-state index contributed by atoms with van der Waals surface area (Å²) >= 11 is 13.0. The van der Waals surface area contributed by atoms with Gasteiger partial charge in [0.25, 0.3) is 0 Å². The molecule has 0 fully saturated rings. The second-order valence-electron chi connectivity index (χ2n) is 4.59. The van der Waals surface area contributed by atoms with Gasteiger partial charge >= 0.3 is 5.97 Å². The lowest BCUT2D eigenvalue weighted by molar-refractivity contribution is -0.138. The van der Waals surface area contributed by atoms with E-state index in [2.05, 4.69) is 5.32 Å². The molecule has 0 unspecified atom stereocenters. The highest BCUT2D eigenvalue weighted by molar-refractivity contribution is 8.01. The highest BCUT2D eigenvalue weighted by Crippen LogP contribution is 2.27. The molecular formula is C13H15Cl2NO3S. The average Bonchev–Trinajstić information content (AvgIpc) is 2.33. The first-order valence-corrected chi connectivity index (χ1v) is 7.59. The third-order valence-corrected chi connectivity index (χ3v) is 4.38. The molecule has 0 atom stereocenters. The standard InChI is InChI=1S/C13H15Cl2NO3S/c1-13(2,12(18)19)20-6-5-11(17)16-10-7-8(14)3-4-9(10)15/h3-4,7H,5-6H2,1-2H3,(H,16,17)(H,18,19). The minimum atomic E-state index is -0.909. The Kier molecular flexibility index (Phi) is 6.17. The van der Waals surface area contributed by atoms with Crippen LogP contribution in [0.25, 0.3) is 0 Å². The maximum absolute atomic E-state index is 11.8. The van der Waals surface area contributed by atoms with Crippen LogP contribution in [0, 0.1) is 0 Å². The summed E-state index contributed by atoms with van der Waals surface area (Å²) in [7, 11) is 0. The Morgan fingerprint density at radius 1 is 1.35 bits per heavy atom. The maximum Gasteiger partial charge on any atom is 0.319 e. The number of carbonyl (C=O) groups excluding carboxylic acids is 1. The fraction of sp³-hybridized carbons (Fsp3) is 0.385. The molecule has 20 heavy (non-hydrogen) atoms. The fourth-order valence-corrected chi connectivity index (χ4v) is 2.52. The molecule has 2 N–H and O–H groups in total. The highest BCUT2D eigenvalue weighted by atomic mass is 35.5. The average molecular weight is 336 g/mol. The quantitative estimate of drug-likeness (QED) is 0.826. The van der Waals surface area contributed by atoms with Crippen molar-refractivity contribution in [2.45, 2.75) is 25.0 Å². The lowest BCUT2D eigenvalue weighted by atomic mass is 10.2. The van der Waals surface area contributed by atoms with Crippen LogP contribution in [0.4, 0.5) is 5.69 Å². The number of amides is 1. The molecule has 0 heterocycles. The Morgan fingerprint density at radius 3 is 2.60 bits per heavy atom. The van der Waals surface area contributed by atoms with Gasteiger partial charge in [-0.2, -0.15) is 0 Å². The first-order chi connectivity index (χ1) is 9.22. The number of rotatable bonds is 6. The number of hydrogen-bond donors (Lipinski definition) is 2. The van der Waals surface area contributed by atoms with Crippen molar-refractivity contribution < 1.29 is 14.7 Å². The number of aliphatic carboxylic acids is 1. The SMILES string of the molecule is CC(C)(SCCC(=O)Nc1cc(Cl)ccc1Cl)C(=O)O. The number of thioether (sulfide) groups is 1. The number of nitrogens with one attached hydrogen (secondary N) is 1. The first-order valence-electron chi connectivity index (χ1n) is 5.84. The van der Waals surface area contributed by atoms with E-state index in [1.807, 2.05) is 0 Å². The van der Waals surface area contributed by atoms with Gasteiger partial charge in [0.2, 0.25) is 5.91 Å². The van der Waals surface area contributed by atoms with Gasteiger partial charge in [-0.25, -0.2) is 0 Å². The molecule has 0 aliphatic heterocycles. The van der Waals surface area contributed by atoms with Gasteiger partial charge in [-0.1, -0.05) is 23.2 Å². The van der Waals surface area contributed by atoms with E-state index in [1.54, 1.807) is 32.0 Å². The maximum atomic E-state index is 11.8. The Labute approximate surface area is 131 Å². The van der Waals surface area contributed by atoms with Gasteiger partial charge in [-0.05, 0) is 32.0 Å². The zero-order valence-electron chi connectivity index (χ0n) is 11.1. The minimum absolute atomic E-state index is 0.199. The lowest BCUT2D eigenvalue weighted by Crippen LogP contribution is -2.28. The molecule has 0 aliphatic carbocycles. The summed E-state index contributed by atoms with van der Waals surface area (Å²) in [6.07, 6.45) is 0.199. The molecule has 0 saturated heterocycles. The van der Waals surface area contributed by atoms with Gasteiger partial charge in [0.1, 0.15) is 4.75 Å². The van der Waals surface area contributed by atoms with Crippen molar-refractivity contribution in [2.24, 2.45) is 0 Å². The number of carboxylic acids is 1. The summed E-state index contributed by atoms with van der Waals surface area (Å²) < 4.78 is -0.909. The highest BCUT2D eigenvalue weighted by Gasteiger charge is 2.27. The van der Waals surface area contributed by atoms with E-state index in [0.29, 0.717) is 21.5 Å². The molecule has 1 aromatic carbocycles. The summed E-state index contributed by atoms with van der Waals surface area (Å²) in [5.41, 5.74) is 0.451. The molecule has 7 heteroatoms. The Hall–Kier alpha value is -0.910. The zero-order chi connectivity index (χ0) is 15.3. The number of carbonyl (C=O) groups is 2. The number of benzene rings is 1. The molecule has 1 aromatic rings. The van der Waals surface area contributed by atoms with Crippen LogP contribution >= 0.6 is 35.0 Å². The Balaban J connectivity index is 2.49. The second-order valence-corrected chi connectivity index (χ2v) is 7.15. The largest absolute Gasteiger partial charge is 0.480 e. The van der Waals surface area contributed by atoms with Crippen molar-refractivity contribution in [3.05, 3.63) is 28.2 Å². The van der Waals surface area contributed by atoms with Crippen LogP contribution < -0.4 is 5.32 Å². The molecule has 0 aliphatic rings. The monoisotopic (exact) mass is 335 g/mol. The molecule has 110 valence electrons. The van der Waals surface area contributed by atoms with Crippen molar-refractivity contribution in [1.29, 1.82) is 0 Å². The van der Waals surface area contributed by atoms with Crippen LogP contribution in [0.15, 0.2) is 18.2 Å². The van der Waals surface area contributed by atoms with Crippen LogP contribution in [0.5, 0.6) is 0 Å². The van der Waals surface area contributed by atoms with Gasteiger partial charge in [0.05, 0.1) is 10.7 Å². The van der Waals surface area contributed by atoms with Gasteiger partial charge in [0, 0.05) is 17.2 Å². The molecule has 1 rings (SSSR count). The van der Waals surface area contributed by atoms with Crippen LogP contribution in [-0.2, 0) is 9.59 Å². The van der Waals surface area contributed by atoms with E-state index >= 15 is 0 Å². The normalized spacial score (nSPS) is 11.2. The van der Waals surface area contributed by atoms with Crippen molar-refractivity contribution in [2.75, 3.05) is 11.1 Å². The predicted octanol–water partition coefficient (Wildman–Crippen LogP) is 3.92. The van der Waals surface area contributed by atoms with E-state index in [1.165, 1.54) is 11.8 Å². The Morgan fingerprint density at radius 2 is 2.00 bits per heavy atom. The first kappa shape index (κ1) is 17.1. The molecule has 0 bridgehead atoms. The van der Waals surface area contributed by atoms with Crippen LogP contribution in [0.1, 0.15) is 20.3 Å². The molecule has 0 aromatic heterocycles. The van der Waals surface area contributed by atoms with Crippen molar-refractivity contribution in [1.82, 2.24) is 0 Å². The predicted molar refractivity (Wildman–Crippen MR) is 83.9 cm³/mol. The number of carboxylic acid groups (broad SMARTS) is 1. The minimum Gasteiger partial charge on any atom is -0.480 e. The van der Waals surface area contributed by atoms with Gasteiger partial charge in [0.15, 0.2) is 0 Å². The summed E-state index contributed by atoms with van der Waals surface area (Å²) in [5, 5.41) is 12.5. The summed E-state index contributed by atoms with van der Waals surface area (Å²) in [4.78, 5) is 22.7. The van der Waals surface area contributed by atoms with E-state index in [9.17, 15) is 9.59 Å². The summed E-state index contributed by atoms with van der Waals surface area (Å²) in [6, 6.07) is 4.79. The van der Waals surface area contributed by atoms with E-state index in [-0.39, 0.29) is 12.3 Å². The summed E-state index contributed by atoms with van der Waals surface area (Å²) in [5.74, 6) is -0.729.